The number of fused-ring (bicyclic) bond motifs is 1. The minimum Gasteiger partial charge on any atom is -0.359 e. The number of hydrogen-bond donors (Lipinski definition) is 1. The largest absolute Gasteiger partial charge is 0.359 e. The Labute approximate surface area is 161 Å². The van der Waals surface area contributed by atoms with E-state index in [-0.39, 0.29) is 30.9 Å². The van der Waals surface area contributed by atoms with Crippen molar-refractivity contribution < 1.29 is 9.59 Å². The van der Waals surface area contributed by atoms with Crippen molar-refractivity contribution >= 4 is 23.2 Å². The molecule has 0 spiro atoms. The maximum Gasteiger partial charge on any atom is 0.243 e. The highest BCUT2D eigenvalue weighted by molar-refractivity contribution is 5.96. The zero-order valence-electron chi connectivity index (χ0n) is 16.5. The fourth-order valence-corrected chi connectivity index (χ4v) is 3.63. The van der Waals surface area contributed by atoms with Crippen LogP contribution in [0.15, 0.2) is 42.5 Å². The lowest BCUT2D eigenvalue weighted by Gasteiger charge is -2.27. The monoisotopic (exact) mass is 365 g/mol. The summed E-state index contributed by atoms with van der Waals surface area (Å²) in [5.74, 6) is -0.242. The predicted molar refractivity (Wildman–Crippen MR) is 109 cm³/mol. The third-order valence-electron chi connectivity index (χ3n) is 5.21. The van der Waals surface area contributed by atoms with Crippen LogP contribution in [0.1, 0.15) is 23.6 Å². The first kappa shape index (κ1) is 19.0. The Morgan fingerprint density at radius 3 is 2.48 bits per heavy atom. The first-order chi connectivity index (χ1) is 12.9. The summed E-state index contributed by atoms with van der Waals surface area (Å²) in [5.41, 5.74) is 5.24. The predicted octanol–water partition coefficient (Wildman–Crippen LogP) is 3.15. The van der Waals surface area contributed by atoms with Gasteiger partial charge in [-0.25, -0.2) is 0 Å². The molecule has 1 aliphatic heterocycles. The molecule has 0 unspecified atom stereocenters. The van der Waals surface area contributed by atoms with Crippen molar-refractivity contribution in [2.24, 2.45) is 0 Å². The molecule has 5 heteroatoms. The molecule has 1 atom stereocenters. The van der Waals surface area contributed by atoms with Gasteiger partial charge >= 0.3 is 0 Å². The van der Waals surface area contributed by atoms with Crippen LogP contribution in [0.2, 0.25) is 0 Å². The van der Waals surface area contributed by atoms with Crippen LogP contribution in [0.3, 0.4) is 0 Å². The summed E-state index contributed by atoms with van der Waals surface area (Å²) in [5, 5.41) is 2.94. The Bertz CT molecular complexity index is 842. The van der Waals surface area contributed by atoms with E-state index >= 15 is 0 Å². The third kappa shape index (κ3) is 4.13. The number of likely N-dealkylation sites (N-methyl/N-ethyl adjacent to an activating group) is 1. The van der Waals surface area contributed by atoms with Gasteiger partial charge in [-0.15, -0.1) is 0 Å². The minimum atomic E-state index is -0.182. The fourth-order valence-electron chi connectivity index (χ4n) is 3.63. The second-order valence-electron chi connectivity index (χ2n) is 7.37. The number of hydrogen-bond acceptors (Lipinski definition) is 3. The minimum absolute atomic E-state index is 0.0382. The van der Waals surface area contributed by atoms with Gasteiger partial charge in [0.2, 0.25) is 11.8 Å². The highest BCUT2D eigenvalue weighted by atomic mass is 16.2. The summed E-state index contributed by atoms with van der Waals surface area (Å²) in [6, 6.07) is 14.4. The molecule has 5 nitrogen and oxygen atoms in total. The Kier molecular flexibility index (Phi) is 5.49. The molecule has 2 amide bonds. The van der Waals surface area contributed by atoms with Crippen LogP contribution in [0.25, 0.3) is 0 Å². The van der Waals surface area contributed by atoms with E-state index in [1.165, 1.54) is 10.5 Å². The van der Waals surface area contributed by atoms with Crippen LogP contribution in [0, 0.1) is 13.8 Å². The van der Waals surface area contributed by atoms with Gasteiger partial charge in [0.05, 0.1) is 13.1 Å². The SMILES string of the molecule is Cc1cccc(C)c1NC(=O)CN(C)C(=O)CN1c2ccccc2C[C@@H]1C. The first-order valence-electron chi connectivity index (χ1n) is 9.31. The molecule has 0 radical (unpaired) electrons. The van der Waals surface area contributed by atoms with E-state index in [0.717, 1.165) is 28.9 Å². The normalized spacial score (nSPS) is 15.4. The van der Waals surface area contributed by atoms with Gasteiger partial charge in [0.25, 0.3) is 0 Å². The van der Waals surface area contributed by atoms with Crippen LogP contribution in [0.4, 0.5) is 11.4 Å². The van der Waals surface area contributed by atoms with Crippen molar-refractivity contribution in [2.75, 3.05) is 30.4 Å². The lowest BCUT2D eigenvalue weighted by Crippen LogP contribution is -2.43. The summed E-state index contributed by atoms with van der Waals surface area (Å²) in [4.78, 5) is 28.7. The number of carbonyl (C=O) groups excluding carboxylic acids is 2. The molecule has 2 aromatic rings. The Morgan fingerprint density at radius 2 is 1.78 bits per heavy atom. The number of rotatable bonds is 5. The van der Waals surface area contributed by atoms with Gasteiger partial charge in [-0.3, -0.25) is 9.59 Å². The standard InChI is InChI=1S/C22H27N3O2/c1-15-8-7-9-16(2)22(15)23-20(26)13-24(4)21(27)14-25-17(3)12-18-10-5-6-11-19(18)25/h5-11,17H,12-14H2,1-4H3,(H,23,26)/t17-/m0/s1. The van der Waals surface area contributed by atoms with Crippen LogP contribution >= 0.6 is 0 Å². The summed E-state index contributed by atoms with van der Waals surface area (Å²) < 4.78 is 0. The molecular weight excluding hydrogens is 338 g/mol. The van der Waals surface area contributed by atoms with Crippen molar-refractivity contribution in [3.63, 3.8) is 0 Å². The molecule has 0 aliphatic carbocycles. The van der Waals surface area contributed by atoms with Gasteiger partial charge in [-0.2, -0.15) is 0 Å². The smallest absolute Gasteiger partial charge is 0.243 e. The number of carbonyl (C=O) groups is 2. The number of nitrogens with zero attached hydrogens (tertiary/aromatic N) is 2. The molecule has 3 rings (SSSR count). The maximum absolute atomic E-state index is 12.7. The number of aryl methyl sites for hydroxylation is 2. The Morgan fingerprint density at radius 1 is 1.11 bits per heavy atom. The summed E-state index contributed by atoms with van der Waals surface area (Å²) in [7, 11) is 1.68. The topological polar surface area (TPSA) is 52.7 Å². The van der Waals surface area contributed by atoms with E-state index in [1.807, 2.05) is 44.2 Å². The highest BCUT2D eigenvalue weighted by Gasteiger charge is 2.28. The highest BCUT2D eigenvalue weighted by Crippen LogP contribution is 2.31. The average Bonchev–Trinajstić information content (AvgIpc) is 2.94. The number of anilines is 2. The van der Waals surface area contributed by atoms with E-state index in [9.17, 15) is 9.59 Å². The van der Waals surface area contributed by atoms with Crippen molar-refractivity contribution in [3.8, 4) is 0 Å². The molecule has 1 N–H and O–H groups in total. The van der Waals surface area contributed by atoms with E-state index in [4.69, 9.17) is 0 Å². The maximum atomic E-state index is 12.7. The average molecular weight is 365 g/mol. The number of nitrogens with one attached hydrogen (secondary N) is 1. The van der Waals surface area contributed by atoms with Gasteiger partial charge in [0.1, 0.15) is 0 Å². The van der Waals surface area contributed by atoms with Gasteiger partial charge < -0.3 is 15.1 Å². The van der Waals surface area contributed by atoms with Gasteiger partial charge in [0.15, 0.2) is 0 Å². The molecule has 0 aromatic heterocycles. The fraction of sp³-hybridized carbons (Fsp3) is 0.364. The lowest BCUT2D eigenvalue weighted by molar-refractivity contribution is -0.132. The molecule has 2 aromatic carbocycles. The van der Waals surface area contributed by atoms with Crippen molar-refractivity contribution in [1.29, 1.82) is 0 Å². The zero-order valence-corrected chi connectivity index (χ0v) is 16.5. The molecule has 0 fully saturated rings. The lowest BCUT2D eigenvalue weighted by atomic mass is 10.1. The quantitative estimate of drug-likeness (QED) is 0.886. The zero-order chi connectivity index (χ0) is 19.6. The van der Waals surface area contributed by atoms with Gasteiger partial charge in [-0.1, -0.05) is 36.4 Å². The van der Waals surface area contributed by atoms with E-state index in [0.29, 0.717) is 0 Å². The van der Waals surface area contributed by atoms with Crippen LogP contribution in [-0.2, 0) is 16.0 Å². The van der Waals surface area contributed by atoms with Crippen LogP contribution in [0.5, 0.6) is 0 Å². The van der Waals surface area contributed by atoms with Crippen molar-refractivity contribution in [1.82, 2.24) is 4.90 Å². The van der Waals surface area contributed by atoms with Gasteiger partial charge in [-0.05, 0) is 49.9 Å². The van der Waals surface area contributed by atoms with Gasteiger partial charge in [0, 0.05) is 24.5 Å². The molecule has 1 heterocycles. The molecule has 142 valence electrons. The van der Waals surface area contributed by atoms with Crippen molar-refractivity contribution in [3.05, 3.63) is 59.2 Å². The first-order valence-corrected chi connectivity index (χ1v) is 9.31. The second-order valence-corrected chi connectivity index (χ2v) is 7.37. The van der Waals surface area contributed by atoms with E-state index < -0.39 is 0 Å². The second kappa shape index (κ2) is 7.82. The molecule has 0 saturated heterocycles. The molecule has 0 saturated carbocycles. The Balaban J connectivity index is 1.60. The summed E-state index contributed by atoms with van der Waals surface area (Å²) in [6.07, 6.45) is 0.945. The molecule has 27 heavy (non-hydrogen) atoms. The molecular formula is C22H27N3O2. The number of amides is 2. The van der Waals surface area contributed by atoms with E-state index in [2.05, 4.69) is 29.3 Å². The number of benzene rings is 2. The van der Waals surface area contributed by atoms with Crippen LogP contribution in [-0.4, -0.2) is 42.9 Å². The molecule has 1 aliphatic rings. The molecule has 0 bridgehead atoms. The third-order valence-corrected chi connectivity index (χ3v) is 5.21. The number of para-hydroxylation sites is 2. The summed E-state index contributed by atoms with van der Waals surface area (Å²) in [6.45, 7) is 6.37. The van der Waals surface area contributed by atoms with Crippen LogP contribution < -0.4 is 10.2 Å². The van der Waals surface area contributed by atoms with Crippen molar-refractivity contribution in [2.45, 2.75) is 33.2 Å². The van der Waals surface area contributed by atoms with E-state index in [1.54, 1.807) is 7.05 Å². The summed E-state index contributed by atoms with van der Waals surface area (Å²) >= 11 is 0. The Hall–Kier alpha value is -2.82.